The van der Waals surface area contributed by atoms with Gasteiger partial charge in [-0.15, -0.1) is 0 Å². The number of para-hydroxylation sites is 1. The highest BCUT2D eigenvalue weighted by molar-refractivity contribution is 5.40. The van der Waals surface area contributed by atoms with E-state index in [2.05, 4.69) is 9.97 Å². The first-order chi connectivity index (χ1) is 10.3. The molecule has 0 bridgehead atoms. The van der Waals surface area contributed by atoms with E-state index >= 15 is 0 Å². The van der Waals surface area contributed by atoms with Crippen LogP contribution < -0.4 is 15.2 Å². The first kappa shape index (κ1) is 15.2. The molecule has 0 radical (unpaired) electrons. The van der Waals surface area contributed by atoms with Crippen molar-refractivity contribution in [3.8, 4) is 11.6 Å². The predicted molar refractivity (Wildman–Crippen MR) is 78.4 cm³/mol. The van der Waals surface area contributed by atoms with Crippen LogP contribution in [0, 0.1) is 0 Å². The van der Waals surface area contributed by atoms with Gasteiger partial charge in [-0.25, -0.2) is 9.97 Å². The molecule has 0 amide bonds. The van der Waals surface area contributed by atoms with E-state index in [1.165, 1.54) is 6.33 Å². The lowest BCUT2D eigenvalue weighted by atomic mass is 10.0. The fourth-order valence-electron chi connectivity index (χ4n) is 1.90. The zero-order valence-electron chi connectivity index (χ0n) is 12.2. The van der Waals surface area contributed by atoms with E-state index in [0.717, 1.165) is 11.3 Å². The Morgan fingerprint density at radius 1 is 1.14 bits per heavy atom. The first-order valence-corrected chi connectivity index (χ1v) is 6.58. The van der Waals surface area contributed by atoms with Crippen molar-refractivity contribution in [2.75, 3.05) is 27.4 Å². The summed E-state index contributed by atoms with van der Waals surface area (Å²) in [5, 5.41) is 0. The maximum absolute atomic E-state index is 6.29. The van der Waals surface area contributed by atoms with Gasteiger partial charge >= 0.3 is 0 Å². The van der Waals surface area contributed by atoms with Crippen molar-refractivity contribution in [3.63, 3.8) is 0 Å². The van der Waals surface area contributed by atoms with Gasteiger partial charge in [0, 0.05) is 18.7 Å². The van der Waals surface area contributed by atoms with Crippen LogP contribution in [-0.2, 0) is 4.74 Å². The number of benzene rings is 1. The van der Waals surface area contributed by atoms with E-state index in [4.69, 9.17) is 19.9 Å². The van der Waals surface area contributed by atoms with E-state index in [9.17, 15) is 0 Å². The van der Waals surface area contributed by atoms with Gasteiger partial charge in [-0.05, 0) is 6.07 Å². The van der Waals surface area contributed by atoms with Gasteiger partial charge in [0.1, 0.15) is 18.7 Å². The van der Waals surface area contributed by atoms with E-state index < -0.39 is 6.04 Å². The van der Waals surface area contributed by atoms with E-state index in [-0.39, 0.29) is 0 Å². The van der Waals surface area contributed by atoms with Crippen molar-refractivity contribution in [2.45, 2.75) is 6.04 Å². The topological polar surface area (TPSA) is 79.5 Å². The summed E-state index contributed by atoms with van der Waals surface area (Å²) in [6, 6.07) is 8.91. The molecule has 112 valence electrons. The minimum Gasteiger partial charge on any atom is -0.491 e. The molecule has 0 fully saturated rings. The smallest absolute Gasteiger partial charge is 0.216 e. The van der Waals surface area contributed by atoms with Crippen molar-refractivity contribution >= 4 is 0 Å². The van der Waals surface area contributed by atoms with Gasteiger partial charge in [-0.2, -0.15) is 0 Å². The Bertz CT molecular complexity index is 578. The van der Waals surface area contributed by atoms with Gasteiger partial charge < -0.3 is 19.9 Å². The van der Waals surface area contributed by atoms with Crippen LogP contribution in [0.3, 0.4) is 0 Å². The normalized spacial score (nSPS) is 12.0. The summed E-state index contributed by atoms with van der Waals surface area (Å²) < 4.78 is 15.8. The molecule has 2 N–H and O–H groups in total. The van der Waals surface area contributed by atoms with Crippen LogP contribution in [0.5, 0.6) is 11.6 Å². The van der Waals surface area contributed by atoms with Crippen LogP contribution in [0.1, 0.15) is 17.3 Å². The number of aromatic nitrogens is 2. The second-order valence-electron chi connectivity index (χ2n) is 4.34. The number of methoxy groups -OCH3 is 2. The Labute approximate surface area is 123 Å². The summed E-state index contributed by atoms with van der Waals surface area (Å²) in [5.41, 5.74) is 7.81. The van der Waals surface area contributed by atoms with Crippen LogP contribution in [0.4, 0.5) is 0 Å². The van der Waals surface area contributed by atoms with Gasteiger partial charge in [-0.1, -0.05) is 18.2 Å². The zero-order valence-corrected chi connectivity index (χ0v) is 12.2. The Morgan fingerprint density at radius 2 is 1.95 bits per heavy atom. The van der Waals surface area contributed by atoms with Gasteiger partial charge in [0.05, 0.1) is 25.5 Å². The third kappa shape index (κ3) is 3.90. The molecular weight excluding hydrogens is 270 g/mol. The molecule has 2 aromatic rings. The standard InChI is InChI=1S/C15H19N3O3/c1-19-7-8-21-13-6-4-3-5-11(13)15(16)12-9-14(20-2)18-10-17-12/h3-6,9-10,15H,7-8,16H2,1-2H3. The fraction of sp³-hybridized carbons (Fsp3) is 0.333. The largest absolute Gasteiger partial charge is 0.491 e. The lowest BCUT2D eigenvalue weighted by molar-refractivity contribution is 0.145. The van der Waals surface area contributed by atoms with E-state index in [1.54, 1.807) is 20.3 Å². The SMILES string of the molecule is COCCOc1ccccc1C(N)c1cc(OC)ncn1. The molecule has 21 heavy (non-hydrogen) atoms. The molecule has 1 unspecified atom stereocenters. The highest BCUT2D eigenvalue weighted by Crippen LogP contribution is 2.28. The third-order valence-corrected chi connectivity index (χ3v) is 2.99. The van der Waals surface area contributed by atoms with Crippen LogP contribution in [0.25, 0.3) is 0 Å². The molecule has 0 aliphatic rings. The molecule has 1 atom stereocenters. The second kappa shape index (κ2) is 7.56. The second-order valence-corrected chi connectivity index (χ2v) is 4.34. The molecule has 1 heterocycles. The molecule has 1 aromatic heterocycles. The lowest BCUT2D eigenvalue weighted by Gasteiger charge is -2.16. The van der Waals surface area contributed by atoms with E-state index in [0.29, 0.717) is 24.8 Å². The number of rotatable bonds is 7. The van der Waals surface area contributed by atoms with Gasteiger partial charge in [0.15, 0.2) is 0 Å². The Morgan fingerprint density at radius 3 is 2.71 bits per heavy atom. The van der Waals surface area contributed by atoms with Crippen LogP contribution in [0.15, 0.2) is 36.7 Å². The number of nitrogens with zero attached hydrogens (tertiary/aromatic N) is 2. The number of hydrogen-bond donors (Lipinski definition) is 1. The highest BCUT2D eigenvalue weighted by Gasteiger charge is 2.16. The van der Waals surface area contributed by atoms with Crippen LogP contribution in [0.2, 0.25) is 0 Å². The highest BCUT2D eigenvalue weighted by atomic mass is 16.5. The maximum Gasteiger partial charge on any atom is 0.216 e. The van der Waals surface area contributed by atoms with Crippen LogP contribution >= 0.6 is 0 Å². The van der Waals surface area contributed by atoms with Gasteiger partial charge in [0.2, 0.25) is 5.88 Å². The van der Waals surface area contributed by atoms with E-state index in [1.807, 2.05) is 24.3 Å². The number of nitrogens with two attached hydrogens (primary N) is 1. The maximum atomic E-state index is 6.29. The third-order valence-electron chi connectivity index (χ3n) is 2.99. The molecule has 0 saturated carbocycles. The molecular formula is C15H19N3O3. The summed E-state index contributed by atoms with van der Waals surface area (Å²) in [6.07, 6.45) is 1.43. The fourth-order valence-corrected chi connectivity index (χ4v) is 1.90. The first-order valence-electron chi connectivity index (χ1n) is 6.58. The van der Waals surface area contributed by atoms with Crippen molar-refractivity contribution in [1.29, 1.82) is 0 Å². The summed E-state index contributed by atoms with van der Waals surface area (Å²) in [7, 11) is 3.19. The molecule has 6 heteroatoms. The molecule has 0 saturated heterocycles. The Hall–Kier alpha value is -2.18. The van der Waals surface area contributed by atoms with Gasteiger partial charge in [0.25, 0.3) is 0 Å². The minimum atomic E-state index is -0.416. The zero-order chi connectivity index (χ0) is 15.1. The lowest BCUT2D eigenvalue weighted by Crippen LogP contribution is -2.16. The minimum absolute atomic E-state index is 0.416. The summed E-state index contributed by atoms with van der Waals surface area (Å²) in [5.74, 6) is 1.20. The van der Waals surface area contributed by atoms with Crippen molar-refractivity contribution in [3.05, 3.63) is 47.9 Å². The number of hydrogen-bond acceptors (Lipinski definition) is 6. The molecule has 1 aromatic carbocycles. The molecule has 2 rings (SSSR count). The van der Waals surface area contributed by atoms with Crippen LogP contribution in [-0.4, -0.2) is 37.4 Å². The summed E-state index contributed by atoms with van der Waals surface area (Å²) in [4.78, 5) is 8.19. The molecule has 6 nitrogen and oxygen atoms in total. The van der Waals surface area contributed by atoms with Crippen molar-refractivity contribution < 1.29 is 14.2 Å². The summed E-state index contributed by atoms with van der Waals surface area (Å²) in [6.45, 7) is 0.984. The molecule has 0 aliphatic carbocycles. The molecule has 0 aliphatic heterocycles. The predicted octanol–water partition coefficient (Wildman–Crippen LogP) is 1.56. The van der Waals surface area contributed by atoms with Crippen molar-refractivity contribution in [2.24, 2.45) is 5.73 Å². The monoisotopic (exact) mass is 289 g/mol. The number of ether oxygens (including phenoxy) is 3. The quantitative estimate of drug-likeness (QED) is 0.779. The summed E-state index contributed by atoms with van der Waals surface area (Å²) >= 11 is 0. The average molecular weight is 289 g/mol. The Balaban J connectivity index is 2.23. The van der Waals surface area contributed by atoms with Gasteiger partial charge in [-0.3, -0.25) is 0 Å². The Kier molecular flexibility index (Phi) is 5.48. The molecule has 0 spiro atoms. The van der Waals surface area contributed by atoms with Crippen molar-refractivity contribution in [1.82, 2.24) is 9.97 Å². The average Bonchev–Trinajstić information content (AvgIpc) is 2.55.